The first-order valence-corrected chi connectivity index (χ1v) is 14.4. The molecule has 0 saturated carbocycles. The predicted octanol–water partition coefficient (Wildman–Crippen LogP) is 5.26. The fourth-order valence-corrected chi connectivity index (χ4v) is 15.7. The van der Waals surface area contributed by atoms with Gasteiger partial charge < -0.3 is 0 Å². The maximum atomic E-state index is 6.35. The zero-order valence-electron chi connectivity index (χ0n) is 12.9. The molecule has 0 aliphatic heterocycles. The Morgan fingerprint density at radius 2 is 1.12 bits per heavy atom. The molecule has 0 unspecified atom stereocenters. The molecule has 0 aromatic rings. The van der Waals surface area contributed by atoms with Gasteiger partial charge in [0.15, 0.2) is 0 Å². The van der Waals surface area contributed by atoms with E-state index in [-0.39, 0.29) is 0 Å². The second kappa shape index (κ2) is 9.47. The summed E-state index contributed by atoms with van der Waals surface area (Å²) in [5, 5.41) is 2.46. The Hall–Kier alpha value is 0.543. The molecule has 0 rings (SSSR count). The molecular weight excluding hydrogens is 266 g/mol. The molecular formula is C14H32O2Zn. The van der Waals surface area contributed by atoms with Crippen molar-refractivity contribution in [3.63, 3.8) is 0 Å². The van der Waals surface area contributed by atoms with Gasteiger partial charge in [0.05, 0.1) is 0 Å². The molecule has 0 aromatic carbocycles. The standard InChI is InChI=1S/2C4H9.2C3H7O.Zn/c2*1-3-4-2;2*1-3(2)4;/h2*1,3-4H2,2H3;2*3H,1-2H3;/q;;2*-1;+2. The molecule has 102 valence electrons. The molecule has 0 bridgehead atoms. The van der Waals surface area contributed by atoms with Gasteiger partial charge in [0, 0.05) is 0 Å². The first kappa shape index (κ1) is 17.5. The van der Waals surface area contributed by atoms with Gasteiger partial charge in [-0.1, -0.05) is 0 Å². The second-order valence-corrected chi connectivity index (χ2v) is 15.9. The van der Waals surface area contributed by atoms with Crippen molar-refractivity contribution >= 4 is 0 Å². The van der Waals surface area contributed by atoms with E-state index >= 15 is 0 Å². The van der Waals surface area contributed by atoms with Gasteiger partial charge in [0.25, 0.3) is 0 Å². The van der Waals surface area contributed by atoms with E-state index in [0.29, 0.717) is 12.2 Å². The summed E-state index contributed by atoms with van der Waals surface area (Å²) in [6.07, 6.45) is 5.67. The monoisotopic (exact) mass is 296 g/mol. The van der Waals surface area contributed by atoms with Crippen LogP contribution in [0.25, 0.3) is 0 Å². The molecule has 3 heteroatoms. The molecule has 17 heavy (non-hydrogen) atoms. The fourth-order valence-electron chi connectivity index (χ4n) is 3.03. The summed E-state index contributed by atoms with van der Waals surface area (Å²) in [6.45, 7) is 13.1. The van der Waals surface area contributed by atoms with Crippen LogP contribution in [0.4, 0.5) is 0 Å². The van der Waals surface area contributed by atoms with Gasteiger partial charge in [-0.2, -0.15) is 0 Å². The van der Waals surface area contributed by atoms with Crippen molar-refractivity contribution in [3.05, 3.63) is 0 Å². The third kappa shape index (κ3) is 8.29. The summed E-state index contributed by atoms with van der Waals surface area (Å²) in [4.78, 5) is 0. The van der Waals surface area contributed by atoms with E-state index in [9.17, 15) is 0 Å². The van der Waals surface area contributed by atoms with Crippen LogP contribution in [0, 0.1) is 0 Å². The molecule has 0 aliphatic carbocycles. The Morgan fingerprint density at radius 1 is 0.765 bits per heavy atom. The summed E-state index contributed by atoms with van der Waals surface area (Å²) in [5.41, 5.74) is 0. The van der Waals surface area contributed by atoms with Crippen LogP contribution in [0.15, 0.2) is 0 Å². The number of unbranched alkanes of at least 4 members (excludes halogenated alkanes) is 2. The van der Waals surface area contributed by atoms with Crippen LogP contribution in [0.5, 0.6) is 0 Å². The zero-order valence-corrected chi connectivity index (χ0v) is 15.9. The van der Waals surface area contributed by atoms with E-state index in [1.807, 2.05) is 0 Å². The first-order chi connectivity index (χ1) is 7.95. The maximum absolute atomic E-state index is 6.35. The van der Waals surface area contributed by atoms with Crippen molar-refractivity contribution in [2.45, 2.75) is 89.5 Å². The summed E-state index contributed by atoms with van der Waals surface area (Å²) in [5.74, 6) is 0. The Kier molecular flexibility index (Phi) is 9.77. The van der Waals surface area contributed by atoms with Crippen molar-refractivity contribution in [2.75, 3.05) is 0 Å². The molecule has 0 spiro atoms. The third-order valence-electron chi connectivity index (χ3n) is 3.56. The molecule has 0 N–H and O–H groups in total. The summed E-state index contributed by atoms with van der Waals surface area (Å²) >= 11 is -2.89. The van der Waals surface area contributed by atoms with Gasteiger partial charge in [0.1, 0.15) is 0 Å². The van der Waals surface area contributed by atoms with E-state index in [1.54, 1.807) is 0 Å². The SMILES string of the molecule is CCC[CH2][Zn]([CH2]CCC)([O]C(C)C)[O]C(C)C. The predicted molar refractivity (Wildman–Crippen MR) is 71.9 cm³/mol. The molecule has 0 atom stereocenters. The van der Waals surface area contributed by atoms with Crippen molar-refractivity contribution in [3.8, 4) is 0 Å². The van der Waals surface area contributed by atoms with Gasteiger partial charge in [-0.3, -0.25) is 0 Å². The molecule has 0 heterocycles. The summed E-state index contributed by atoms with van der Waals surface area (Å²) in [7, 11) is 0. The van der Waals surface area contributed by atoms with Gasteiger partial charge in [-0.05, 0) is 0 Å². The average Bonchev–Trinajstić information content (AvgIpc) is 2.22. The molecule has 0 aromatic heterocycles. The topological polar surface area (TPSA) is 18.5 Å². The van der Waals surface area contributed by atoms with Crippen LogP contribution in [-0.4, -0.2) is 12.2 Å². The van der Waals surface area contributed by atoms with Crippen molar-refractivity contribution in [2.24, 2.45) is 0 Å². The molecule has 0 saturated heterocycles. The van der Waals surface area contributed by atoms with Crippen LogP contribution >= 0.6 is 0 Å². The van der Waals surface area contributed by atoms with Gasteiger partial charge in [-0.15, -0.1) is 0 Å². The molecule has 0 aliphatic rings. The number of rotatable bonds is 10. The third-order valence-corrected chi connectivity index (χ3v) is 15.5. The van der Waals surface area contributed by atoms with Crippen molar-refractivity contribution < 1.29 is 22.6 Å². The van der Waals surface area contributed by atoms with E-state index in [4.69, 9.17) is 7.13 Å². The Bertz CT molecular complexity index is 161. The zero-order chi connectivity index (χ0) is 13.3. The molecule has 0 amide bonds. The van der Waals surface area contributed by atoms with Crippen LogP contribution in [0.2, 0.25) is 10.0 Å². The van der Waals surface area contributed by atoms with Crippen molar-refractivity contribution in [1.29, 1.82) is 0 Å². The van der Waals surface area contributed by atoms with Gasteiger partial charge >= 0.3 is 112 Å². The second-order valence-electron chi connectivity index (χ2n) is 6.13. The minimum absolute atomic E-state index is 0.322. The van der Waals surface area contributed by atoms with Crippen LogP contribution in [0.3, 0.4) is 0 Å². The summed E-state index contributed by atoms with van der Waals surface area (Å²) < 4.78 is 12.7. The van der Waals surface area contributed by atoms with Crippen LogP contribution in [0.1, 0.15) is 67.2 Å². The number of hydrogen-bond donors (Lipinski definition) is 0. The number of hydrogen-bond acceptors (Lipinski definition) is 2. The first-order valence-electron chi connectivity index (χ1n) is 7.77. The van der Waals surface area contributed by atoms with E-state index in [1.165, 1.54) is 35.7 Å². The minimum atomic E-state index is -2.89. The molecule has 2 nitrogen and oxygen atoms in total. The normalized spacial score (nSPS) is 11.8. The Labute approximate surface area is 112 Å². The average molecular weight is 298 g/mol. The van der Waals surface area contributed by atoms with Crippen LogP contribution in [-0.2, 0) is 22.6 Å². The van der Waals surface area contributed by atoms with Crippen molar-refractivity contribution in [1.82, 2.24) is 0 Å². The molecule has 0 fully saturated rings. The quantitative estimate of drug-likeness (QED) is 0.512. The van der Waals surface area contributed by atoms with E-state index in [2.05, 4.69) is 41.5 Å². The Morgan fingerprint density at radius 3 is 1.35 bits per heavy atom. The molecule has 0 radical (unpaired) electrons. The van der Waals surface area contributed by atoms with E-state index < -0.39 is 15.5 Å². The summed E-state index contributed by atoms with van der Waals surface area (Å²) in [6, 6.07) is 0. The Balaban J connectivity index is 4.63. The van der Waals surface area contributed by atoms with Crippen LogP contribution < -0.4 is 0 Å². The van der Waals surface area contributed by atoms with E-state index in [0.717, 1.165) is 0 Å². The fraction of sp³-hybridized carbons (Fsp3) is 1.00. The van der Waals surface area contributed by atoms with Gasteiger partial charge in [-0.25, -0.2) is 0 Å². The van der Waals surface area contributed by atoms with Gasteiger partial charge in [0.2, 0.25) is 0 Å².